The standard InChI is InChI=1S/C20H24N6O2/c1-13-5-7-17(8-6-13)26-14(2)18(24-25-26)20(27)21-10-15-4-3-9-28-19(15)16-11-22-23-12-16/h5-8,11-12,15,19H,3-4,9-10H2,1-2H3,(H,21,27)(H,22,23)/t15-,19+/m0/s1. The number of carbonyl (C=O) groups is 1. The Kier molecular flexibility index (Phi) is 5.21. The van der Waals surface area contributed by atoms with Gasteiger partial charge >= 0.3 is 0 Å². The average molecular weight is 380 g/mol. The van der Waals surface area contributed by atoms with E-state index in [1.165, 1.54) is 5.56 Å². The van der Waals surface area contributed by atoms with E-state index in [0.29, 0.717) is 17.9 Å². The van der Waals surface area contributed by atoms with Crippen LogP contribution in [0.15, 0.2) is 36.7 Å². The molecule has 2 aromatic heterocycles. The molecule has 1 fully saturated rings. The van der Waals surface area contributed by atoms with Crippen LogP contribution in [0.5, 0.6) is 0 Å². The number of benzene rings is 1. The van der Waals surface area contributed by atoms with Gasteiger partial charge < -0.3 is 10.1 Å². The molecule has 2 atom stereocenters. The number of aromatic amines is 1. The van der Waals surface area contributed by atoms with Gasteiger partial charge in [-0.25, -0.2) is 4.68 Å². The molecule has 0 bridgehead atoms. The quantitative estimate of drug-likeness (QED) is 0.709. The summed E-state index contributed by atoms with van der Waals surface area (Å²) in [5.74, 6) is -0.0184. The topological polar surface area (TPSA) is 97.7 Å². The lowest BCUT2D eigenvalue weighted by Gasteiger charge is -2.31. The third kappa shape index (κ3) is 3.68. The number of carbonyl (C=O) groups excluding carboxylic acids is 1. The molecule has 3 aromatic rings. The molecule has 0 saturated carbocycles. The van der Waals surface area contributed by atoms with Crippen LogP contribution in [0.3, 0.4) is 0 Å². The summed E-state index contributed by atoms with van der Waals surface area (Å²) in [7, 11) is 0. The lowest BCUT2D eigenvalue weighted by Crippen LogP contribution is -2.35. The van der Waals surface area contributed by atoms with E-state index < -0.39 is 0 Å². The molecule has 1 aliphatic heterocycles. The predicted octanol–water partition coefficient (Wildman–Crippen LogP) is 2.50. The Bertz CT molecular complexity index is 932. The Balaban J connectivity index is 1.44. The molecule has 4 rings (SSSR count). The second kappa shape index (κ2) is 7.93. The molecule has 2 N–H and O–H groups in total. The Hall–Kier alpha value is -3.00. The first kappa shape index (κ1) is 18.4. The SMILES string of the molecule is Cc1ccc(-n2nnc(C(=O)NC[C@@H]3CCCO[C@H]3c3cn[nH]c3)c2C)cc1. The second-order valence-electron chi connectivity index (χ2n) is 7.21. The van der Waals surface area contributed by atoms with Gasteiger partial charge in [0, 0.05) is 30.8 Å². The molecular formula is C20H24N6O2. The van der Waals surface area contributed by atoms with Gasteiger partial charge in [0.05, 0.1) is 23.7 Å². The van der Waals surface area contributed by atoms with E-state index >= 15 is 0 Å². The molecule has 0 unspecified atom stereocenters. The minimum atomic E-state index is -0.215. The summed E-state index contributed by atoms with van der Waals surface area (Å²) in [6.45, 7) is 5.13. The van der Waals surface area contributed by atoms with Crippen molar-refractivity contribution in [3.63, 3.8) is 0 Å². The van der Waals surface area contributed by atoms with E-state index in [1.807, 2.05) is 44.3 Å². The molecule has 0 radical (unpaired) electrons. The highest BCUT2D eigenvalue weighted by atomic mass is 16.5. The third-order valence-corrected chi connectivity index (χ3v) is 5.21. The van der Waals surface area contributed by atoms with Crippen LogP contribution in [0.4, 0.5) is 0 Å². The molecular weight excluding hydrogens is 356 g/mol. The smallest absolute Gasteiger partial charge is 0.273 e. The molecule has 8 nitrogen and oxygen atoms in total. The number of aromatic nitrogens is 5. The fourth-order valence-corrected chi connectivity index (χ4v) is 3.61. The molecule has 1 aromatic carbocycles. The second-order valence-corrected chi connectivity index (χ2v) is 7.21. The van der Waals surface area contributed by atoms with Gasteiger partial charge in [0.1, 0.15) is 0 Å². The fraction of sp³-hybridized carbons (Fsp3) is 0.400. The minimum Gasteiger partial charge on any atom is -0.373 e. The average Bonchev–Trinajstić information content (AvgIpc) is 3.37. The summed E-state index contributed by atoms with van der Waals surface area (Å²) in [4.78, 5) is 12.7. The molecule has 8 heteroatoms. The molecule has 146 valence electrons. The van der Waals surface area contributed by atoms with Crippen molar-refractivity contribution in [2.45, 2.75) is 32.8 Å². The molecule has 28 heavy (non-hydrogen) atoms. The number of rotatable bonds is 5. The first-order valence-electron chi connectivity index (χ1n) is 9.51. The highest BCUT2D eigenvalue weighted by Crippen LogP contribution is 2.32. The van der Waals surface area contributed by atoms with E-state index in [1.54, 1.807) is 10.9 Å². The molecule has 3 heterocycles. The van der Waals surface area contributed by atoms with Crippen LogP contribution in [0, 0.1) is 19.8 Å². The van der Waals surface area contributed by atoms with Gasteiger partial charge in [0.2, 0.25) is 0 Å². The largest absolute Gasteiger partial charge is 0.373 e. The summed E-state index contributed by atoms with van der Waals surface area (Å²) in [5.41, 5.74) is 4.13. The van der Waals surface area contributed by atoms with Crippen LogP contribution < -0.4 is 5.32 Å². The lowest BCUT2D eigenvalue weighted by molar-refractivity contribution is -0.0272. The summed E-state index contributed by atoms with van der Waals surface area (Å²) in [6.07, 6.45) is 5.55. The van der Waals surface area contributed by atoms with E-state index in [4.69, 9.17) is 4.74 Å². The number of H-pyrrole nitrogens is 1. The fourth-order valence-electron chi connectivity index (χ4n) is 3.61. The number of hydrogen-bond acceptors (Lipinski definition) is 5. The predicted molar refractivity (Wildman–Crippen MR) is 103 cm³/mol. The normalized spacial score (nSPS) is 19.5. The van der Waals surface area contributed by atoms with Crippen molar-refractivity contribution >= 4 is 5.91 Å². The summed E-state index contributed by atoms with van der Waals surface area (Å²) < 4.78 is 7.61. The van der Waals surface area contributed by atoms with Gasteiger partial charge in [0.15, 0.2) is 5.69 Å². The molecule has 0 aliphatic carbocycles. The van der Waals surface area contributed by atoms with Crippen molar-refractivity contribution in [3.8, 4) is 5.69 Å². The van der Waals surface area contributed by atoms with Crippen molar-refractivity contribution < 1.29 is 9.53 Å². The Labute approximate surface area is 163 Å². The number of hydrogen-bond donors (Lipinski definition) is 2. The van der Waals surface area contributed by atoms with E-state index in [2.05, 4.69) is 25.8 Å². The zero-order valence-electron chi connectivity index (χ0n) is 16.1. The van der Waals surface area contributed by atoms with Gasteiger partial charge in [-0.1, -0.05) is 22.9 Å². The highest BCUT2D eigenvalue weighted by Gasteiger charge is 2.29. The van der Waals surface area contributed by atoms with Crippen molar-refractivity contribution in [3.05, 3.63) is 59.2 Å². The van der Waals surface area contributed by atoms with Gasteiger partial charge in [-0.15, -0.1) is 5.10 Å². The Morgan fingerprint density at radius 1 is 1.32 bits per heavy atom. The van der Waals surface area contributed by atoms with Crippen molar-refractivity contribution in [1.82, 2.24) is 30.5 Å². The van der Waals surface area contributed by atoms with E-state index in [9.17, 15) is 4.79 Å². The van der Waals surface area contributed by atoms with Gasteiger partial charge in [-0.2, -0.15) is 5.10 Å². The first-order chi connectivity index (χ1) is 13.6. The molecule has 1 aliphatic rings. The van der Waals surface area contributed by atoms with Crippen LogP contribution in [0.2, 0.25) is 0 Å². The highest BCUT2D eigenvalue weighted by molar-refractivity contribution is 5.93. The van der Waals surface area contributed by atoms with Crippen LogP contribution in [0.1, 0.15) is 46.3 Å². The first-order valence-corrected chi connectivity index (χ1v) is 9.51. The van der Waals surface area contributed by atoms with Crippen LogP contribution in [-0.4, -0.2) is 44.3 Å². The van der Waals surface area contributed by atoms with Crippen LogP contribution in [-0.2, 0) is 4.74 Å². The van der Waals surface area contributed by atoms with Gasteiger partial charge in [0.25, 0.3) is 5.91 Å². The Morgan fingerprint density at radius 2 is 2.14 bits per heavy atom. The maximum absolute atomic E-state index is 12.7. The number of nitrogens with one attached hydrogen (secondary N) is 2. The number of amides is 1. The maximum atomic E-state index is 12.7. The van der Waals surface area contributed by atoms with E-state index in [-0.39, 0.29) is 17.9 Å². The van der Waals surface area contributed by atoms with Crippen molar-refractivity contribution in [2.75, 3.05) is 13.2 Å². The molecule has 1 saturated heterocycles. The zero-order chi connectivity index (χ0) is 19.5. The molecule has 0 spiro atoms. The van der Waals surface area contributed by atoms with Gasteiger partial charge in [-0.3, -0.25) is 9.89 Å². The summed E-state index contributed by atoms with van der Waals surface area (Å²) in [5, 5.41) is 18.1. The number of aryl methyl sites for hydroxylation is 1. The van der Waals surface area contributed by atoms with Crippen molar-refractivity contribution in [2.24, 2.45) is 5.92 Å². The maximum Gasteiger partial charge on any atom is 0.273 e. The van der Waals surface area contributed by atoms with Gasteiger partial charge in [-0.05, 0) is 38.8 Å². The van der Waals surface area contributed by atoms with E-state index in [0.717, 1.165) is 30.7 Å². The number of nitrogens with zero attached hydrogens (tertiary/aromatic N) is 4. The monoisotopic (exact) mass is 380 g/mol. The summed E-state index contributed by atoms with van der Waals surface area (Å²) >= 11 is 0. The Morgan fingerprint density at radius 3 is 2.89 bits per heavy atom. The lowest BCUT2D eigenvalue weighted by atomic mass is 9.91. The number of ether oxygens (including phenoxy) is 1. The third-order valence-electron chi connectivity index (χ3n) is 5.21. The molecule has 1 amide bonds. The van der Waals surface area contributed by atoms with Crippen molar-refractivity contribution in [1.29, 1.82) is 0 Å². The van der Waals surface area contributed by atoms with Crippen LogP contribution >= 0.6 is 0 Å². The summed E-state index contributed by atoms with van der Waals surface area (Å²) in [6, 6.07) is 7.95. The minimum absolute atomic E-state index is 0.0582. The van der Waals surface area contributed by atoms with Crippen LogP contribution in [0.25, 0.3) is 5.69 Å². The zero-order valence-corrected chi connectivity index (χ0v) is 16.1.